The molecule has 0 aliphatic heterocycles. The van der Waals surface area contributed by atoms with Crippen LogP contribution in [0.4, 0.5) is 4.39 Å². The molecule has 21 heavy (non-hydrogen) atoms. The van der Waals surface area contributed by atoms with E-state index in [1.54, 1.807) is 18.2 Å². The first kappa shape index (κ1) is 15.9. The minimum Gasteiger partial charge on any atom is -0.324 e. The fraction of sp³-hybridized carbons (Fsp3) is 0.200. The Morgan fingerprint density at radius 3 is 2.38 bits per heavy atom. The van der Waals surface area contributed by atoms with Crippen LogP contribution in [-0.4, -0.2) is 14.7 Å². The third-order valence-electron chi connectivity index (χ3n) is 3.18. The van der Waals surface area contributed by atoms with Crippen LogP contribution >= 0.6 is 11.6 Å². The van der Waals surface area contributed by atoms with Crippen molar-refractivity contribution in [3.8, 4) is 0 Å². The van der Waals surface area contributed by atoms with Crippen molar-refractivity contribution in [2.75, 3.05) is 6.26 Å². The number of rotatable bonds is 4. The molecule has 0 saturated heterocycles. The second kappa shape index (κ2) is 6.13. The lowest BCUT2D eigenvalue weighted by Gasteiger charge is -2.13. The zero-order valence-corrected chi connectivity index (χ0v) is 13.0. The van der Waals surface area contributed by atoms with Crippen molar-refractivity contribution < 1.29 is 12.8 Å². The highest BCUT2D eigenvalue weighted by Gasteiger charge is 2.13. The zero-order chi connectivity index (χ0) is 15.6. The SMILES string of the molecule is CS(=O)(=O)c1ccc(C(N)Cc2cc(Cl)ccc2F)cc1. The number of benzene rings is 2. The number of hydrogen-bond donors (Lipinski definition) is 1. The third-order valence-corrected chi connectivity index (χ3v) is 4.55. The molecule has 2 aromatic carbocycles. The second-order valence-electron chi connectivity index (χ2n) is 4.89. The molecule has 6 heteroatoms. The monoisotopic (exact) mass is 327 g/mol. The second-order valence-corrected chi connectivity index (χ2v) is 7.34. The van der Waals surface area contributed by atoms with Gasteiger partial charge in [0.1, 0.15) is 5.82 Å². The molecule has 0 radical (unpaired) electrons. The predicted molar refractivity (Wildman–Crippen MR) is 81.6 cm³/mol. The van der Waals surface area contributed by atoms with Crippen LogP contribution in [0.15, 0.2) is 47.4 Å². The van der Waals surface area contributed by atoms with Crippen molar-refractivity contribution in [1.29, 1.82) is 0 Å². The van der Waals surface area contributed by atoms with Crippen molar-refractivity contribution in [3.63, 3.8) is 0 Å². The van der Waals surface area contributed by atoms with Crippen molar-refractivity contribution in [1.82, 2.24) is 0 Å². The lowest BCUT2D eigenvalue weighted by molar-refractivity contribution is 0.593. The topological polar surface area (TPSA) is 60.2 Å². The van der Waals surface area contributed by atoms with E-state index in [0.717, 1.165) is 11.8 Å². The van der Waals surface area contributed by atoms with E-state index in [4.69, 9.17) is 17.3 Å². The Hall–Kier alpha value is -1.43. The fourth-order valence-corrected chi connectivity index (χ4v) is 2.84. The summed E-state index contributed by atoms with van der Waals surface area (Å²) in [6, 6.07) is 10.2. The van der Waals surface area contributed by atoms with Crippen molar-refractivity contribution in [2.24, 2.45) is 5.73 Å². The summed E-state index contributed by atoms with van der Waals surface area (Å²) in [6.07, 6.45) is 1.42. The van der Waals surface area contributed by atoms with Gasteiger partial charge in [-0.25, -0.2) is 12.8 Å². The van der Waals surface area contributed by atoms with Gasteiger partial charge in [-0.3, -0.25) is 0 Å². The van der Waals surface area contributed by atoms with Gasteiger partial charge in [-0.1, -0.05) is 23.7 Å². The van der Waals surface area contributed by atoms with Crippen molar-refractivity contribution >= 4 is 21.4 Å². The first-order valence-corrected chi connectivity index (χ1v) is 8.54. The van der Waals surface area contributed by atoms with E-state index >= 15 is 0 Å². The first-order valence-electron chi connectivity index (χ1n) is 6.27. The van der Waals surface area contributed by atoms with Gasteiger partial charge in [0, 0.05) is 17.3 Å². The molecule has 0 spiro atoms. The molecular formula is C15H15ClFNO2S. The molecule has 0 aromatic heterocycles. The summed E-state index contributed by atoms with van der Waals surface area (Å²) >= 11 is 5.84. The van der Waals surface area contributed by atoms with E-state index in [0.29, 0.717) is 10.6 Å². The molecule has 3 nitrogen and oxygen atoms in total. The van der Waals surface area contributed by atoms with Crippen LogP contribution < -0.4 is 5.73 Å². The van der Waals surface area contributed by atoms with Crippen LogP contribution in [0.5, 0.6) is 0 Å². The molecule has 2 rings (SSSR count). The van der Waals surface area contributed by atoms with Gasteiger partial charge in [-0.05, 0) is 47.9 Å². The van der Waals surface area contributed by atoms with Gasteiger partial charge in [0.15, 0.2) is 9.84 Å². The molecule has 1 atom stereocenters. The zero-order valence-electron chi connectivity index (χ0n) is 11.4. The van der Waals surface area contributed by atoms with Crippen LogP contribution in [0.3, 0.4) is 0 Å². The predicted octanol–water partition coefficient (Wildman–Crippen LogP) is 3.13. The van der Waals surface area contributed by atoms with Gasteiger partial charge in [0.05, 0.1) is 4.90 Å². The van der Waals surface area contributed by atoms with Crippen LogP contribution in [-0.2, 0) is 16.3 Å². The molecule has 0 fully saturated rings. The summed E-state index contributed by atoms with van der Waals surface area (Å²) in [5, 5.41) is 0.450. The largest absolute Gasteiger partial charge is 0.324 e. The van der Waals surface area contributed by atoms with E-state index in [2.05, 4.69) is 0 Å². The summed E-state index contributed by atoms with van der Waals surface area (Å²) in [5.74, 6) is -0.359. The smallest absolute Gasteiger partial charge is 0.175 e. The quantitative estimate of drug-likeness (QED) is 0.938. The molecule has 2 N–H and O–H groups in total. The highest BCUT2D eigenvalue weighted by atomic mass is 35.5. The normalized spacial score (nSPS) is 13.1. The lowest BCUT2D eigenvalue weighted by Crippen LogP contribution is -2.14. The van der Waals surface area contributed by atoms with Gasteiger partial charge in [0.2, 0.25) is 0 Å². The highest BCUT2D eigenvalue weighted by molar-refractivity contribution is 7.90. The Balaban J connectivity index is 2.20. The molecule has 0 aliphatic rings. The van der Waals surface area contributed by atoms with Crippen LogP contribution in [0, 0.1) is 5.82 Å². The molecule has 0 heterocycles. The van der Waals surface area contributed by atoms with Gasteiger partial charge in [-0.2, -0.15) is 0 Å². The fourth-order valence-electron chi connectivity index (χ4n) is 2.02. The van der Waals surface area contributed by atoms with E-state index < -0.39 is 15.9 Å². The van der Waals surface area contributed by atoms with E-state index in [1.807, 2.05) is 0 Å². The Morgan fingerprint density at radius 1 is 1.19 bits per heavy atom. The molecule has 1 unspecified atom stereocenters. The Morgan fingerprint density at radius 2 is 1.81 bits per heavy atom. The minimum absolute atomic E-state index is 0.229. The van der Waals surface area contributed by atoms with Gasteiger partial charge < -0.3 is 5.73 Å². The van der Waals surface area contributed by atoms with Gasteiger partial charge >= 0.3 is 0 Å². The summed E-state index contributed by atoms with van der Waals surface area (Å²) < 4.78 is 36.5. The number of hydrogen-bond acceptors (Lipinski definition) is 3. The van der Waals surface area contributed by atoms with Gasteiger partial charge in [-0.15, -0.1) is 0 Å². The Kier molecular flexibility index (Phi) is 4.66. The maximum absolute atomic E-state index is 13.7. The number of sulfone groups is 1. The Bertz CT molecular complexity index is 745. The van der Waals surface area contributed by atoms with Gasteiger partial charge in [0.25, 0.3) is 0 Å². The molecule has 2 aromatic rings. The molecule has 0 bridgehead atoms. The third kappa shape index (κ3) is 4.03. The minimum atomic E-state index is -3.23. The average Bonchev–Trinajstić information content (AvgIpc) is 2.42. The van der Waals surface area contributed by atoms with E-state index in [-0.39, 0.29) is 17.1 Å². The summed E-state index contributed by atoms with van der Waals surface area (Å²) in [7, 11) is -3.23. The van der Waals surface area contributed by atoms with E-state index in [9.17, 15) is 12.8 Å². The van der Waals surface area contributed by atoms with E-state index in [1.165, 1.54) is 24.3 Å². The molecule has 112 valence electrons. The molecule has 0 saturated carbocycles. The van der Waals surface area contributed by atoms with Crippen LogP contribution in [0.2, 0.25) is 5.02 Å². The molecular weight excluding hydrogens is 313 g/mol. The highest BCUT2D eigenvalue weighted by Crippen LogP contribution is 2.22. The maximum atomic E-state index is 13.7. The van der Waals surface area contributed by atoms with Crippen LogP contribution in [0.1, 0.15) is 17.2 Å². The van der Waals surface area contributed by atoms with Crippen molar-refractivity contribution in [2.45, 2.75) is 17.4 Å². The molecule has 0 amide bonds. The Labute approximate surface area is 128 Å². The summed E-state index contributed by atoms with van der Waals surface area (Å²) in [5.41, 5.74) is 7.22. The maximum Gasteiger partial charge on any atom is 0.175 e. The lowest BCUT2D eigenvalue weighted by atomic mass is 9.99. The number of nitrogens with two attached hydrogens (primary N) is 1. The van der Waals surface area contributed by atoms with Crippen molar-refractivity contribution in [3.05, 3.63) is 64.4 Å². The number of halogens is 2. The summed E-state index contributed by atoms with van der Waals surface area (Å²) in [4.78, 5) is 0.229. The standard InChI is InChI=1S/C15H15ClFNO2S/c1-21(19,20)13-5-2-10(3-6-13)15(18)9-11-8-12(16)4-7-14(11)17/h2-8,15H,9,18H2,1H3. The first-order chi connectivity index (χ1) is 9.77. The molecule has 0 aliphatic carbocycles. The average molecular weight is 328 g/mol. The summed E-state index contributed by atoms with van der Waals surface area (Å²) in [6.45, 7) is 0. The van der Waals surface area contributed by atoms with Crippen LogP contribution in [0.25, 0.3) is 0 Å².